The van der Waals surface area contributed by atoms with Crippen LogP contribution in [0.4, 0.5) is 65.9 Å². The van der Waals surface area contributed by atoms with Crippen molar-refractivity contribution in [3.8, 4) is 0 Å². The van der Waals surface area contributed by atoms with Crippen LogP contribution < -0.4 is 0 Å². The molecule has 22 heavy (non-hydrogen) atoms. The van der Waals surface area contributed by atoms with Crippen LogP contribution >= 0.6 is 0 Å². The van der Waals surface area contributed by atoms with E-state index in [1.54, 1.807) is 0 Å². The first-order valence-corrected chi connectivity index (χ1v) is 5.42. The lowest BCUT2D eigenvalue weighted by Crippen LogP contribution is -2.66. The van der Waals surface area contributed by atoms with Crippen molar-refractivity contribution in [1.82, 2.24) is 0 Å². The molecule has 0 fully saturated rings. The number of halogens is 15. The second-order valence-electron chi connectivity index (χ2n) is 3.35. The molecule has 0 amide bonds. The minimum atomic E-state index is -7.68. The average molecular weight is 389 g/mol. The highest BCUT2D eigenvalue weighted by Gasteiger charge is 2.96. The van der Waals surface area contributed by atoms with Crippen LogP contribution in [0.1, 0.15) is 0 Å². The van der Waals surface area contributed by atoms with E-state index in [0.717, 1.165) is 0 Å². The van der Waals surface area contributed by atoms with E-state index in [9.17, 15) is 65.9 Å². The van der Waals surface area contributed by atoms with Crippen LogP contribution in [0.2, 0.25) is 0 Å². The van der Waals surface area contributed by atoms with E-state index < -0.39 is 45.2 Å². The van der Waals surface area contributed by atoms with Crippen molar-refractivity contribution < 1.29 is 65.9 Å². The molecular formula is C6F15S+. The number of alkyl halides is 15. The lowest BCUT2D eigenvalue weighted by Gasteiger charge is -2.30. The van der Waals surface area contributed by atoms with Crippen molar-refractivity contribution in [2.75, 3.05) is 0 Å². The fraction of sp³-hybridized carbons (Fsp3) is 1.00. The molecule has 0 radical (unpaired) electrons. The van der Waals surface area contributed by atoms with Gasteiger partial charge in [-0.2, -0.15) is 39.5 Å². The van der Waals surface area contributed by atoms with Gasteiger partial charge in [-0.05, 0) is 0 Å². The summed E-state index contributed by atoms with van der Waals surface area (Å²) in [5, 5.41) is -23.0. The van der Waals surface area contributed by atoms with Gasteiger partial charge in [0.25, 0.3) is 0 Å². The summed E-state index contributed by atoms with van der Waals surface area (Å²) in [7, 11) is -7.14. The molecular weight excluding hydrogens is 389 g/mol. The van der Waals surface area contributed by atoms with Crippen LogP contribution in [-0.2, 0) is 10.9 Å². The van der Waals surface area contributed by atoms with Gasteiger partial charge >= 0.3 is 34.3 Å². The summed E-state index contributed by atoms with van der Waals surface area (Å²) in [6.45, 7) is 0. The number of rotatable bonds is 3. The molecule has 0 nitrogen and oxygen atoms in total. The normalized spacial score (nSPS) is 16.4. The molecule has 0 bridgehead atoms. The zero-order chi connectivity index (χ0) is 18.6. The molecule has 0 heterocycles. The van der Waals surface area contributed by atoms with Crippen molar-refractivity contribution in [3.63, 3.8) is 0 Å². The lowest BCUT2D eigenvalue weighted by molar-refractivity contribution is -0.278. The first-order chi connectivity index (χ1) is 9.12. The van der Waals surface area contributed by atoms with Gasteiger partial charge in [0.2, 0.25) is 10.9 Å². The van der Waals surface area contributed by atoms with E-state index in [1.807, 2.05) is 0 Å². The highest BCUT2D eigenvalue weighted by atomic mass is 32.2. The molecule has 0 aliphatic carbocycles. The van der Waals surface area contributed by atoms with Gasteiger partial charge in [0.05, 0.1) is 0 Å². The summed E-state index contributed by atoms with van der Waals surface area (Å²) in [6.07, 6.45) is -22.5. The molecule has 0 aliphatic heterocycles. The Labute approximate surface area is 112 Å². The summed E-state index contributed by atoms with van der Waals surface area (Å²) in [4.78, 5) is 0. The summed E-state index contributed by atoms with van der Waals surface area (Å²) in [6, 6.07) is 0. The van der Waals surface area contributed by atoms with Gasteiger partial charge in [-0.1, -0.05) is 0 Å². The van der Waals surface area contributed by atoms with Crippen molar-refractivity contribution in [2.24, 2.45) is 0 Å². The van der Waals surface area contributed by atoms with Gasteiger partial charge in [-0.3, -0.25) is 0 Å². The number of hydrogen-bond donors (Lipinski definition) is 0. The molecule has 0 saturated carbocycles. The standard InChI is InChI=1S/C6F15S/c7-1(8,9)4(16,17)22(5(18,19)2(10,11)12)6(20,21)3(13,14)15/q+1. The quantitative estimate of drug-likeness (QED) is 0.467. The van der Waals surface area contributed by atoms with E-state index in [-0.39, 0.29) is 0 Å². The van der Waals surface area contributed by atoms with Crippen LogP contribution in [0.5, 0.6) is 0 Å². The van der Waals surface area contributed by atoms with E-state index in [4.69, 9.17) is 0 Å². The third-order valence-electron chi connectivity index (χ3n) is 1.76. The monoisotopic (exact) mass is 389 g/mol. The van der Waals surface area contributed by atoms with Crippen molar-refractivity contribution in [3.05, 3.63) is 0 Å². The summed E-state index contributed by atoms with van der Waals surface area (Å²) in [5.41, 5.74) is 0. The van der Waals surface area contributed by atoms with Gasteiger partial charge < -0.3 is 0 Å². The molecule has 0 aromatic heterocycles. The third-order valence-corrected chi connectivity index (χ3v) is 3.99. The number of hydrogen-bond acceptors (Lipinski definition) is 0. The Balaban J connectivity index is 6.53. The smallest absolute Gasteiger partial charge is 0.160 e. The van der Waals surface area contributed by atoms with Gasteiger partial charge in [-0.25, -0.2) is 0 Å². The Kier molecular flexibility index (Phi) is 4.99. The predicted octanol–water partition coefficient (Wildman–Crippen LogP) is 5.07. The topological polar surface area (TPSA) is 0 Å². The van der Waals surface area contributed by atoms with E-state index >= 15 is 0 Å². The van der Waals surface area contributed by atoms with E-state index in [2.05, 4.69) is 0 Å². The van der Waals surface area contributed by atoms with Crippen LogP contribution in [-0.4, -0.2) is 34.3 Å². The average Bonchev–Trinajstić information content (AvgIpc) is 2.09. The van der Waals surface area contributed by atoms with Gasteiger partial charge in [0.1, 0.15) is 0 Å². The molecule has 0 spiro atoms. The first kappa shape index (κ1) is 21.3. The van der Waals surface area contributed by atoms with Crippen molar-refractivity contribution >= 4 is 10.9 Å². The predicted molar refractivity (Wildman–Crippen MR) is 40.4 cm³/mol. The Morgan fingerprint density at radius 2 is 0.455 bits per heavy atom. The molecule has 0 atom stereocenters. The Bertz CT molecular complexity index is 334. The molecule has 0 unspecified atom stereocenters. The fourth-order valence-electron chi connectivity index (χ4n) is 0.830. The van der Waals surface area contributed by atoms with Crippen LogP contribution in [0.3, 0.4) is 0 Å². The van der Waals surface area contributed by atoms with Gasteiger partial charge in [0.15, 0.2) is 0 Å². The zero-order valence-electron chi connectivity index (χ0n) is 9.08. The summed E-state index contributed by atoms with van der Waals surface area (Å²) >= 11 is 0. The second-order valence-corrected chi connectivity index (χ2v) is 5.50. The minimum absolute atomic E-state index is 7.14. The van der Waals surface area contributed by atoms with Crippen LogP contribution in [0.25, 0.3) is 0 Å². The Hall–Kier alpha value is -0.700. The van der Waals surface area contributed by atoms with Crippen LogP contribution in [0.15, 0.2) is 0 Å². The zero-order valence-corrected chi connectivity index (χ0v) is 9.89. The Morgan fingerprint density at radius 3 is 0.545 bits per heavy atom. The third kappa shape index (κ3) is 3.29. The Morgan fingerprint density at radius 1 is 0.318 bits per heavy atom. The van der Waals surface area contributed by atoms with E-state index in [0.29, 0.717) is 0 Å². The van der Waals surface area contributed by atoms with Crippen molar-refractivity contribution in [2.45, 2.75) is 34.3 Å². The molecule has 0 aromatic carbocycles. The first-order valence-electron chi connectivity index (χ1n) is 4.20. The SMILES string of the molecule is FC(F)(F)C(F)(F)[S+](C(F)(F)C(F)(F)F)C(F)(F)C(F)(F)F. The maximum absolute atomic E-state index is 12.6. The maximum Gasteiger partial charge on any atom is 0.519 e. The summed E-state index contributed by atoms with van der Waals surface area (Å²) < 4.78 is 181. The van der Waals surface area contributed by atoms with E-state index in [1.165, 1.54) is 0 Å². The molecule has 16 heteroatoms. The van der Waals surface area contributed by atoms with Crippen molar-refractivity contribution in [1.29, 1.82) is 0 Å². The lowest BCUT2D eigenvalue weighted by atomic mass is 10.6. The summed E-state index contributed by atoms with van der Waals surface area (Å²) in [5.74, 6) is 0. The molecule has 134 valence electrons. The molecule has 0 rings (SSSR count). The fourth-order valence-corrected chi connectivity index (χ4v) is 2.49. The second kappa shape index (κ2) is 5.15. The minimum Gasteiger partial charge on any atom is -0.160 e. The highest BCUT2D eigenvalue weighted by molar-refractivity contribution is 8.00. The molecule has 0 aromatic rings. The van der Waals surface area contributed by atoms with Gasteiger partial charge in [-0.15, -0.1) is 26.3 Å². The van der Waals surface area contributed by atoms with Crippen LogP contribution in [0, 0.1) is 0 Å². The molecule has 0 aliphatic rings. The molecule has 0 saturated heterocycles. The highest BCUT2D eigenvalue weighted by Crippen LogP contribution is 2.60. The van der Waals surface area contributed by atoms with Gasteiger partial charge in [0, 0.05) is 0 Å². The maximum atomic E-state index is 12.6. The molecule has 0 N–H and O–H groups in total. The largest absolute Gasteiger partial charge is 0.519 e.